The first-order chi connectivity index (χ1) is 10.0. The quantitative estimate of drug-likeness (QED) is 0.756. The normalized spacial score (nSPS) is 20.8. The van der Waals surface area contributed by atoms with E-state index in [1.165, 1.54) is 24.2 Å². The minimum atomic E-state index is -3.42. The van der Waals surface area contributed by atoms with Crippen LogP contribution in [0.5, 0.6) is 0 Å². The molecule has 1 aromatic rings. The van der Waals surface area contributed by atoms with Gasteiger partial charge in [0.15, 0.2) is 0 Å². The summed E-state index contributed by atoms with van der Waals surface area (Å²) >= 11 is 6.80. The lowest BCUT2D eigenvalue weighted by Gasteiger charge is -2.22. The van der Waals surface area contributed by atoms with Crippen LogP contribution in [-0.4, -0.2) is 32.0 Å². The van der Waals surface area contributed by atoms with E-state index >= 15 is 0 Å². The van der Waals surface area contributed by atoms with E-state index in [2.05, 4.69) is 26.0 Å². The zero-order valence-corrected chi connectivity index (χ0v) is 15.6. The average Bonchev–Trinajstić information content (AvgIpc) is 3.19. The Labute approximate surface area is 142 Å². The van der Waals surface area contributed by atoms with Crippen molar-refractivity contribution in [2.45, 2.75) is 49.2 Å². The van der Waals surface area contributed by atoms with Gasteiger partial charge in [-0.15, -0.1) is 11.3 Å². The van der Waals surface area contributed by atoms with Gasteiger partial charge in [0.1, 0.15) is 4.90 Å². The van der Waals surface area contributed by atoms with Gasteiger partial charge in [0.2, 0.25) is 10.0 Å². The smallest absolute Gasteiger partial charge is 0.242 e. The number of thioether (sulfide) groups is 1. The standard InChI is InChI=1S/C13H19BrN2O2S3/c14-13-12(7-11(20-13)8-15-9-1-2-9)21(17,18)16-10-3-5-19-6-4-10/h7,9-10,15-16H,1-6,8H2. The van der Waals surface area contributed by atoms with Crippen molar-refractivity contribution < 1.29 is 8.42 Å². The highest BCUT2D eigenvalue weighted by atomic mass is 79.9. The summed E-state index contributed by atoms with van der Waals surface area (Å²) in [7, 11) is -3.42. The number of rotatable bonds is 6. The van der Waals surface area contributed by atoms with E-state index in [0.29, 0.717) is 14.7 Å². The van der Waals surface area contributed by atoms with E-state index in [-0.39, 0.29) is 6.04 Å². The third-order valence-corrected chi connectivity index (χ3v) is 8.50. The van der Waals surface area contributed by atoms with Gasteiger partial charge in [0.05, 0.1) is 3.79 Å². The monoisotopic (exact) mass is 410 g/mol. The van der Waals surface area contributed by atoms with E-state index in [1.54, 1.807) is 6.07 Å². The average molecular weight is 411 g/mol. The molecule has 0 amide bonds. The van der Waals surface area contributed by atoms with Crippen LogP contribution in [0.3, 0.4) is 0 Å². The van der Waals surface area contributed by atoms with Crippen LogP contribution in [0.1, 0.15) is 30.6 Å². The lowest BCUT2D eigenvalue weighted by atomic mass is 10.2. The molecule has 3 rings (SSSR count). The summed E-state index contributed by atoms with van der Waals surface area (Å²) < 4.78 is 28.6. The highest BCUT2D eigenvalue weighted by molar-refractivity contribution is 9.11. The number of sulfonamides is 1. The molecule has 1 aliphatic heterocycles. The molecule has 2 heterocycles. The summed E-state index contributed by atoms with van der Waals surface area (Å²) in [6, 6.07) is 2.50. The van der Waals surface area contributed by atoms with Crippen LogP contribution in [0.2, 0.25) is 0 Å². The molecule has 0 spiro atoms. The molecule has 1 aliphatic carbocycles. The second kappa shape index (κ2) is 6.88. The Morgan fingerprint density at radius 1 is 1.19 bits per heavy atom. The van der Waals surface area contributed by atoms with Crippen LogP contribution in [0.15, 0.2) is 14.7 Å². The first-order valence-electron chi connectivity index (χ1n) is 7.16. The van der Waals surface area contributed by atoms with Crippen LogP contribution in [0.4, 0.5) is 0 Å². The van der Waals surface area contributed by atoms with Crippen molar-refractivity contribution in [3.63, 3.8) is 0 Å². The van der Waals surface area contributed by atoms with E-state index in [4.69, 9.17) is 0 Å². The lowest BCUT2D eigenvalue weighted by molar-refractivity contribution is 0.529. The van der Waals surface area contributed by atoms with Crippen LogP contribution >= 0.6 is 39.0 Å². The number of hydrogen-bond acceptors (Lipinski definition) is 5. The summed E-state index contributed by atoms with van der Waals surface area (Å²) in [6.07, 6.45) is 4.31. The number of halogens is 1. The Morgan fingerprint density at radius 3 is 2.57 bits per heavy atom. The van der Waals surface area contributed by atoms with Crippen molar-refractivity contribution >= 4 is 49.1 Å². The molecule has 118 valence electrons. The molecular formula is C13H19BrN2O2S3. The van der Waals surface area contributed by atoms with Gasteiger partial charge in [-0.05, 0) is 59.2 Å². The second-order valence-corrected chi connectivity index (χ2v) is 10.9. The van der Waals surface area contributed by atoms with Gasteiger partial charge in [0.25, 0.3) is 0 Å². The van der Waals surface area contributed by atoms with E-state index in [0.717, 1.165) is 35.8 Å². The van der Waals surface area contributed by atoms with Crippen molar-refractivity contribution in [1.29, 1.82) is 0 Å². The molecule has 1 saturated carbocycles. The van der Waals surface area contributed by atoms with Crippen molar-refractivity contribution in [1.82, 2.24) is 10.0 Å². The van der Waals surface area contributed by atoms with E-state index in [1.807, 2.05) is 11.8 Å². The topological polar surface area (TPSA) is 58.2 Å². The molecule has 8 heteroatoms. The van der Waals surface area contributed by atoms with Gasteiger partial charge in [-0.1, -0.05) is 0 Å². The molecule has 1 aromatic heterocycles. The Morgan fingerprint density at radius 2 is 1.90 bits per heavy atom. The zero-order valence-electron chi connectivity index (χ0n) is 11.6. The zero-order chi connectivity index (χ0) is 14.9. The van der Waals surface area contributed by atoms with Gasteiger partial charge in [-0.25, -0.2) is 13.1 Å². The molecular weight excluding hydrogens is 392 g/mol. The SMILES string of the molecule is O=S(=O)(NC1CCSCC1)c1cc(CNC2CC2)sc1Br. The molecule has 0 unspecified atom stereocenters. The predicted octanol–water partition coefficient (Wildman–Crippen LogP) is 2.94. The maximum Gasteiger partial charge on any atom is 0.242 e. The Bertz CT molecular complexity index is 593. The second-order valence-electron chi connectivity index (χ2n) is 5.51. The van der Waals surface area contributed by atoms with Gasteiger partial charge in [0, 0.05) is 23.5 Å². The Balaban J connectivity index is 1.68. The largest absolute Gasteiger partial charge is 0.309 e. The Kier molecular flexibility index (Phi) is 5.33. The third-order valence-electron chi connectivity index (χ3n) is 3.68. The maximum absolute atomic E-state index is 12.5. The lowest BCUT2D eigenvalue weighted by Crippen LogP contribution is -2.37. The first-order valence-corrected chi connectivity index (χ1v) is 11.4. The van der Waals surface area contributed by atoms with Crippen LogP contribution < -0.4 is 10.0 Å². The number of thiophene rings is 1. The minimum Gasteiger partial charge on any atom is -0.309 e. The van der Waals surface area contributed by atoms with Crippen LogP contribution in [0, 0.1) is 0 Å². The highest BCUT2D eigenvalue weighted by Crippen LogP contribution is 2.33. The highest BCUT2D eigenvalue weighted by Gasteiger charge is 2.26. The van der Waals surface area contributed by atoms with Crippen molar-refractivity contribution in [3.8, 4) is 0 Å². The number of nitrogens with one attached hydrogen (secondary N) is 2. The molecule has 0 bridgehead atoms. The summed E-state index contributed by atoms with van der Waals surface area (Å²) in [5.74, 6) is 2.07. The van der Waals surface area contributed by atoms with Crippen molar-refractivity contribution in [3.05, 3.63) is 14.7 Å². The van der Waals surface area contributed by atoms with Crippen molar-refractivity contribution in [2.75, 3.05) is 11.5 Å². The first kappa shape index (κ1) is 16.3. The molecule has 4 nitrogen and oxygen atoms in total. The molecule has 2 N–H and O–H groups in total. The fourth-order valence-electron chi connectivity index (χ4n) is 2.30. The molecule has 0 atom stereocenters. The van der Waals surface area contributed by atoms with Crippen LogP contribution in [0.25, 0.3) is 0 Å². The van der Waals surface area contributed by atoms with Gasteiger partial charge in [-0.3, -0.25) is 0 Å². The molecule has 0 radical (unpaired) electrons. The maximum atomic E-state index is 12.5. The fraction of sp³-hybridized carbons (Fsp3) is 0.692. The molecule has 21 heavy (non-hydrogen) atoms. The van der Waals surface area contributed by atoms with Gasteiger partial charge in [-0.2, -0.15) is 11.8 Å². The number of hydrogen-bond donors (Lipinski definition) is 2. The fourth-order valence-corrected chi connectivity index (χ4v) is 7.34. The van der Waals surface area contributed by atoms with E-state index < -0.39 is 10.0 Å². The Hall–Kier alpha value is 0.400. The third kappa shape index (κ3) is 4.45. The van der Waals surface area contributed by atoms with Gasteiger partial charge < -0.3 is 5.32 Å². The predicted molar refractivity (Wildman–Crippen MR) is 92.5 cm³/mol. The summed E-state index contributed by atoms with van der Waals surface area (Å²) in [4.78, 5) is 1.45. The van der Waals surface area contributed by atoms with E-state index in [9.17, 15) is 8.42 Å². The summed E-state index contributed by atoms with van der Waals surface area (Å²) in [5, 5.41) is 3.42. The molecule has 1 saturated heterocycles. The van der Waals surface area contributed by atoms with Crippen LogP contribution in [-0.2, 0) is 16.6 Å². The molecule has 2 fully saturated rings. The minimum absolute atomic E-state index is 0.0797. The van der Waals surface area contributed by atoms with Crippen molar-refractivity contribution in [2.24, 2.45) is 0 Å². The summed E-state index contributed by atoms with van der Waals surface area (Å²) in [5.41, 5.74) is 0. The van der Waals surface area contributed by atoms with Gasteiger partial charge >= 0.3 is 0 Å². The molecule has 2 aliphatic rings. The summed E-state index contributed by atoms with van der Waals surface area (Å²) in [6.45, 7) is 0.753. The molecule has 0 aromatic carbocycles.